The Labute approximate surface area is 245 Å². The number of hydrogen-bond donors (Lipinski definition) is 2. The molecule has 1 atom stereocenters. The van der Waals surface area contributed by atoms with E-state index in [1.54, 1.807) is 32.6 Å². The summed E-state index contributed by atoms with van der Waals surface area (Å²) in [6.45, 7) is 7.09. The predicted molar refractivity (Wildman–Crippen MR) is 156 cm³/mol. The second-order valence-corrected chi connectivity index (χ2v) is 11.3. The molecule has 1 aromatic carbocycles. The number of amides is 1. The number of aliphatic hydroxyl groups is 1. The van der Waals surface area contributed by atoms with Crippen molar-refractivity contribution in [3.05, 3.63) is 35.9 Å². The van der Waals surface area contributed by atoms with E-state index in [1.165, 1.54) is 0 Å². The number of carbonyl (C=O) groups excluding carboxylic acids is 1. The van der Waals surface area contributed by atoms with Crippen molar-refractivity contribution in [3.8, 4) is 22.9 Å². The van der Waals surface area contributed by atoms with Gasteiger partial charge in [0.1, 0.15) is 23.6 Å². The number of ether oxygens (including phenoxy) is 4. The van der Waals surface area contributed by atoms with Gasteiger partial charge in [-0.2, -0.15) is 4.98 Å². The molecule has 1 saturated heterocycles. The lowest BCUT2D eigenvalue weighted by Crippen LogP contribution is -2.41. The lowest BCUT2D eigenvalue weighted by Gasteiger charge is -2.32. The fraction of sp³-hybridized carbons (Fsp3) is 0.517. The summed E-state index contributed by atoms with van der Waals surface area (Å²) < 4.78 is 23.9. The van der Waals surface area contributed by atoms with E-state index in [4.69, 9.17) is 28.9 Å². The predicted octanol–water partition coefficient (Wildman–Crippen LogP) is 3.69. The van der Waals surface area contributed by atoms with Crippen LogP contribution in [-0.4, -0.2) is 88.3 Å². The summed E-state index contributed by atoms with van der Waals surface area (Å²) in [4.78, 5) is 30.9. The number of rotatable bonds is 8. The lowest BCUT2D eigenvalue weighted by molar-refractivity contribution is 0.0221. The maximum absolute atomic E-state index is 12.9. The van der Waals surface area contributed by atoms with Gasteiger partial charge in [0.2, 0.25) is 11.7 Å². The van der Waals surface area contributed by atoms with Gasteiger partial charge < -0.3 is 43.7 Å². The van der Waals surface area contributed by atoms with Crippen LogP contribution in [-0.2, 0) is 17.7 Å². The molecule has 13 nitrogen and oxygen atoms in total. The first kappa shape index (κ1) is 29.2. The number of benzene rings is 1. The van der Waals surface area contributed by atoms with Crippen LogP contribution in [0.25, 0.3) is 5.69 Å². The Morgan fingerprint density at radius 2 is 1.83 bits per heavy atom. The molecule has 0 spiro atoms. The van der Waals surface area contributed by atoms with Crippen molar-refractivity contribution >= 4 is 23.7 Å². The van der Waals surface area contributed by atoms with Gasteiger partial charge in [0.05, 0.1) is 58.1 Å². The fourth-order valence-corrected chi connectivity index (χ4v) is 5.29. The molecule has 0 unspecified atom stereocenters. The SMILES string of the molecule is COc1cc(-n2cnc(Nc3nc(N4CCC[C@H]4CO)nc4c3CCN(C(=O)OC(C)(C)C)C4)c2)cc(OC)c1OC. The second-order valence-electron chi connectivity index (χ2n) is 11.3. The highest BCUT2D eigenvalue weighted by Gasteiger charge is 2.32. The van der Waals surface area contributed by atoms with Crippen LogP contribution in [0.3, 0.4) is 0 Å². The standard InChI is InChI=1S/C29H39N7O6/c1-29(2,3)42-28(38)34-11-9-20-21(14-34)31-27(36-10-7-8-18(36)16-37)33-26(20)32-24-15-35(17-30-24)19-12-22(39-4)25(41-6)23(13-19)40-5/h12-13,15,17-18,37H,7-11,14,16H2,1-6H3,(H,31,32,33)/t18-/m0/s1. The van der Waals surface area contributed by atoms with Gasteiger partial charge in [0.25, 0.3) is 0 Å². The average Bonchev–Trinajstić information content (AvgIpc) is 3.65. The Morgan fingerprint density at radius 3 is 2.48 bits per heavy atom. The largest absolute Gasteiger partial charge is 0.493 e. The van der Waals surface area contributed by atoms with E-state index >= 15 is 0 Å². The van der Waals surface area contributed by atoms with Crippen molar-refractivity contribution in [2.24, 2.45) is 0 Å². The number of anilines is 3. The number of aliphatic hydroxyl groups excluding tert-OH is 1. The van der Waals surface area contributed by atoms with Crippen molar-refractivity contribution < 1.29 is 28.8 Å². The second kappa shape index (κ2) is 11.9. The van der Waals surface area contributed by atoms with Gasteiger partial charge in [-0.3, -0.25) is 0 Å². The van der Waals surface area contributed by atoms with Gasteiger partial charge in [0, 0.05) is 30.8 Å². The first-order valence-corrected chi connectivity index (χ1v) is 14.0. The van der Waals surface area contributed by atoms with E-state index in [0.717, 1.165) is 36.3 Å². The molecule has 0 saturated carbocycles. The van der Waals surface area contributed by atoms with Crippen molar-refractivity contribution in [1.29, 1.82) is 0 Å². The van der Waals surface area contributed by atoms with Gasteiger partial charge >= 0.3 is 6.09 Å². The van der Waals surface area contributed by atoms with Crippen LogP contribution in [0.4, 0.5) is 22.4 Å². The smallest absolute Gasteiger partial charge is 0.410 e. The molecule has 0 radical (unpaired) electrons. The molecule has 0 aliphatic carbocycles. The maximum Gasteiger partial charge on any atom is 0.410 e. The molecule has 2 aromatic heterocycles. The molecule has 2 aliphatic rings. The molecule has 4 heterocycles. The highest BCUT2D eigenvalue weighted by atomic mass is 16.6. The zero-order chi connectivity index (χ0) is 30.0. The van der Waals surface area contributed by atoms with E-state index in [1.807, 2.05) is 48.6 Å². The number of aromatic nitrogens is 4. The summed E-state index contributed by atoms with van der Waals surface area (Å²) in [6, 6.07) is 3.62. The molecule has 2 aliphatic heterocycles. The maximum atomic E-state index is 12.9. The normalized spacial score (nSPS) is 16.7. The number of carbonyl (C=O) groups is 1. The summed E-state index contributed by atoms with van der Waals surface area (Å²) in [5, 5.41) is 13.3. The van der Waals surface area contributed by atoms with Crippen LogP contribution in [0, 0.1) is 0 Å². The fourth-order valence-electron chi connectivity index (χ4n) is 5.29. The highest BCUT2D eigenvalue weighted by Crippen LogP contribution is 2.39. The monoisotopic (exact) mass is 581 g/mol. The van der Waals surface area contributed by atoms with Crippen LogP contribution < -0.4 is 24.4 Å². The summed E-state index contributed by atoms with van der Waals surface area (Å²) in [5.74, 6) is 3.28. The number of nitrogens with zero attached hydrogens (tertiary/aromatic N) is 6. The Kier molecular flexibility index (Phi) is 8.30. The highest BCUT2D eigenvalue weighted by molar-refractivity contribution is 5.69. The van der Waals surface area contributed by atoms with Crippen LogP contribution in [0.1, 0.15) is 44.9 Å². The van der Waals surface area contributed by atoms with Crippen LogP contribution in [0.2, 0.25) is 0 Å². The number of nitrogens with one attached hydrogen (secondary N) is 1. The molecular weight excluding hydrogens is 542 g/mol. The lowest BCUT2D eigenvalue weighted by atomic mass is 10.1. The van der Waals surface area contributed by atoms with Crippen LogP contribution >= 0.6 is 0 Å². The topological polar surface area (TPSA) is 136 Å². The van der Waals surface area contributed by atoms with Gasteiger partial charge in [-0.05, 0) is 40.0 Å². The van der Waals surface area contributed by atoms with Crippen molar-refractivity contribution in [3.63, 3.8) is 0 Å². The van der Waals surface area contributed by atoms with Gasteiger partial charge in [-0.1, -0.05) is 0 Å². The molecule has 3 aromatic rings. The molecule has 1 fully saturated rings. The molecule has 13 heteroatoms. The summed E-state index contributed by atoms with van der Waals surface area (Å²) in [6.07, 6.45) is 5.51. The van der Waals surface area contributed by atoms with Crippen molar-refractivity contribution in [2.45, 2.75) is 58.2 Å². The van der Waals surface area contributed by atoms with Crippen LogP contribution in [0.5, 0.6) is 17.2 Å². The third-order valence-corrected chi connectivity index (χ3v) is 7.33. The Hall–Kier alpha value is -4.26. The van der Waals surface area contributed by atoms with Crippen LogP contribution in [0.15, 0.2) is 24.7 Å². The number of fused-ring (bicyclic) bond motifs is 1. The van der Waals surface area contributed by atoms with E-state index in [2.05, 4.69) is 10.3 Å². The first-order valence-electron chi connectivity index (χ1n) is 14.0. The van der Waals surface area contributed by atoms with Gasteiger partial charge in [0.15, 0.2) is 11.5 Å². The Morgan fingerprint density at radius 1 is 1.10 bits per heavy atom. The van der Waals surface area contributed by atoms with Gasteiger partial charge in [-0.15, -0.1) is 0 Å². The molecule has 2 N–H and O–H groups in total. The zero-order valence-corrected chi connectivity index (χ0v) is 25.0. The number of imidazole rings is 1. The average molecular weight is 582 g/mol. The quantitative estimate of drug-likeness (QED) is 0.403. The van der Waals surface area contributed by atoms with Crippen molar-refractivity contribution in [2.75, 3.05) is 51.2 Å². The van der Waals surface area contributed by atoms with E-state index in [-0.39, 0.29) is 18.7 Å². The van der Waals surface area contributed by atoms with Crippen molar-refractivity contribution in [1.82, 2.24) is 24.4 Å². The summed E-state index contributed by atoms with van der Waals surface area (Å²) in [5.41, 5.74) is 1.83. The summed E-state index contributed by atoms with van der Waals surface area (Å²) >= 11 is 0. The van der Waals surface area contributed by atoms with E-state index < -0.39 is 5.60 Å². The van der Waals surface area contributed by atoms with Gasteiger partial charge in [-0.25, -0.2) is 14.8 Å². The molecule has 5 rings (SSSR count). The zero-order valence-electron chi connectivity index (χ0n) is 25.0. The number of hydrogen-bond acceptors (Lipinski definition) is 11. The third kappa shape index (κ3) is 6.01. The summed E-state index contributed by atoms with van der Waals surface area (Å²) in [7, 11) is 4.71. The minimum absolute atomic E-state index is 0.0203. The molecular formula is C29H39N7O6. The van der Waals surface area contributed by atoms with E-state index in [0.29, 0.717) is 54.3 Å². The minimum atomic E-state index is -0.596. The molecule has 1 amide bonds. The Balaban J connectivity index is 1.47. The molecule has 226 valence electrons. The third-order valence-electron chi connectivity index (χ3n) is 7.33. The molecule has 42 heavy (non-hydrogen) atoms. The Bertz CT molecular complexity index is 1410. The van der Waals surface area contributed by atoms with E-state index in [9.17, 15) is 9.90 Å². The first-order chi connectivity index (χ1) is 20.1. The molecule has 0 bridgehead atoms. The minimum Gasteiger partial charge on any atom is -0.493 e. The number of methoxy groups -OCH3 is 3.